The highest BCUT2D eigenvalue weighted by Gasteiger charge is 2.54. The molecule has 2 N–H and O–H groups in total. The van der Waals surface area contributed by atoms with Gasteiger partial charge in [0.15, 0.2) is 18.4 Å². The zero-order valence-electron chi connectivity index (χ0n) is 32.2. The molecule has 3 heterocycles. The normalized spacial score (nSPS) is 47.3. The summed E-state index contributed by atoms with van der Waals surface area (Å²) < 4.78 is 48.8. The van der Waals surface area contributed by atoms with E-state index in [0.29, 0.717) is 31.3 Å². The lowest BCUT2D eigenvalue weighted by Gasteiger charge is -2.44. The van der Waals surface area contributed by atoms with Crippen LogP contribution in [-0.2, 0) is 47.5 Å². The monoisotopic (exact) mass is 734 g/mol. The van der Waals surface area contributed by atoms with Crippen molar-refractivity contribution in [2.24, 2.45) is 35.5 Å². The van der Waals surface area contributed by atoms with E-state index in [0.717, 1.165) is 12.8 Å². The summed E-state index contributed by atoms with van der Waals surface area (Å²) in [6, 6.07) is 0. The fraction of sp³-hybridized carbons (Fsp3) is 0.850. The lowest BCUT2D eigenvalue weighted by Crippen LogP contribution is -2.59. The molecule has 12 nitrogen and oxygen atoms in total. The fourth-order valence-electron chi connectivity index (χ4n) is 10.2. The molecule has 6 aliphatic rings. The summed E-state index contributed by atoms with van der Waals surface area (Å²) in [5.74, 6) is -0.554. The molecule has 1 saturated carbocycles. The van der Waals surface area contributed by atoms with E-state index in [9.17, 15) is 19.8 Å². The number of hydrogen-bond donors (Lipinski definition) is 2. The molecule has 18 atom stereocenters. The van der Waals surface area contributed by atoms with Crippen LogP contribution >= 0.6 is 0 Å². The number of aliphatic hydroxyl groups is 2. The van der Waals surface area contributed by atoms with Gasteiger partial charge in [0.05, 0.1) is 36.9 Å². The van der Waals surface area contributed by atoms with Crippen LogP contribution in [0.2, 0.25) is 0 Å². The third-order valence-electron chi connectivity index (χ3n) is 13.1. The topological polar surface area (TPSA) is 148 Å². The summed E-state index contributed by atoms with van der Waals surface area (Å²) in [5, 5.41) is 20.7. The second kappa shape index (κ2) is 17.0. The van der Waals surface area contributed by atoms with Crippen molar-refractivity contribution >= 4 is 11.8 Å². The van der Waals surface area contributed by atoms with Crippen LogP contribution in [0.1, 0.15) is 86.0 Å². The number of fused-ring (bicyclic) bond motifs is 5. The van der Waals surface area contributed by atoms with Gasteiger partial charge in [-0.15, -0.1) is 0 Å². The Kier molecular flexibility index (Phi) is 13.0. The molecule has 0 amide bonds. The number of ether oxygens (including phenoxy) is 8. The summed E-state index contributed by atoms with van der Waals surface area (Å²) in [7, 11) is 4.93. The number of allylic oxidation sites excluding steroid dienone is 4. The van der Waals surface area contributed by atoms with E-state index in [4.69, 9.17) is 37.9 Å². The van der Waals surface area contributed by atoms with E-state index in [1.807, 2.05) is 20.8 Å². The van der Waals surface area contributed by atoms with Crippen LogP contribution in [-0.4, -0.2) is 117 Å². The summed E-state index contributed by atoms with van der Waals surface area (Å²) in [6.07, 6.45) is 2.89. The molecule has 4 fully saturated rings. The van der Waals surface area contributed by atoms with E-state index in [1.54, 1.807) is 28.3 Å². The minimum atomic E-state index is -0.991. The van der Waals surface area contributed by atoms with Gasteiger partial charge in [0.1, 0.15) is 30.5 Å². The standard InChI is InChI=1S/C40H62O12/c1-9-23-11-10-12-32(52-34-18-31(41)36(44)21(4)48-34)20(3)35(43)30-16-28-26(29(30)17-33(42)50-23)13-19(2)25-14-24(15-27(25)28)51-40-39(47-8)38(46-7)37(45-6)22(5)49-40/h13,16,20-29,31-32,34,36-41,44H,9-12,14-15,17-18H2,1-8H3/t20-,21+,22+,23+,24-,25+,26-,27-,28-,29+,31+,32+,34+,36+,37+,38-,39-,40+/m1/s1. The van der Waals surface area contributed by atoms with E-state index >= 15 is 0 Å². The molecule has 0 aromatic rings. The number of aliphatic hydroxyl groups excluding tert-OH is 2. The van der Waals surface area contributed by atoms with Crippen molar-refractivity contribution in [2.75, 3.05) is 21.3 Å². The van der Waals surface area contributed by atoms with Gasteiger partial charge in [-0.1, -0.05) is 31.6 Å². The molecule has 0 radical (unpaired) electrons. The van der Waals surface area contributed by atoms with Gasteiger partial charge in [0.25, 0.3) is 0 Å². The van der Waals surface area contributed by atoms with E-state index in [2.05, 4.69) is 19.1 Å². The molecule has 0 aromatic carbocycles. The predicted molar refractivity (Wildman–Crippen MR) is 189 cm³/mol. The molecule has 3 aliphatic heterocycles. The number of Topliss-reactive ketones (excluding diaryl/α,β-unsaturated/α-hetero) is 1. The minimum Gasteiger partial charge on any atom is -0.462 e. The highest BCUT2D eigenvalue weighted by Crippen LogP contribution is 2.56. The van der Waals surface area contributed by atoms with Crippen LogP contribution in [0.25, 0.3) is 0 Å². The van der Waals surface area contributed by atoms with Crippen LogP contribution in [0.5, 0.6) is 0 Å². The Labute approximate surface area is 308 Å². The Morgan fingerprint density at radius 2 is 1.56 bits per heavy atom. The van der Waals surface area contributed by atoms with Crippen LogP contribution in [0, 0.1) is 35.5 Å². The van der Waals surface area contributed by atoms with Crippen LogP contribution in [0.4, 0.5) is 0 Å². The molecule has 3 aliphatic carbocycles. The first-order valence-electron chi connectivity index (χ1n) is 19.6. The highest BCUT2D eigenvalue weighted by molar-refractivity contribution is 5.99. The third-order valence-corrected chi connectivity index (χ3v) is 13.1. The van der Waals surface area contributed by atoms with Crippen molar-refractivity contribution in [2.45, 2.75) is 160 Å². The average molecular weight is 735 g/mol. The molecule has 3 saturated heterocycles. The summed E-state index contributed by atoms with van der Waals surface area (Å²) in [6.45, 7) is 9.77. The molecular formula is C40H62O12. The van der Waals surface area contributed by atoms with E-state index < -0.39 is 49.0 Å². The number of cyclic esters (lactones) is 1. The highest BCUT2D eigenvalue weighted by atomic mass is 16.7. The molecule has 52 heavy (non-hydrogen) atoms. The van der Waals surface area contributed by atoms with Gasteiger partial charge in [-0.25, -0.2) is 0 Å². The molecule has 0 spiro atoms. The zero-order chi connectivity index (χ0) is 37.4. The number of esters is 1. The zero-order valence-corrected chi connectivity index (χ0v) is 32.2. The van der Waals surface area contributed by atoms with Crippen molar-refractivity contribution in [1.29, 1.82) is 0 Å². The Morgan fingerprint density at radius 1 is 0.827 bits per heavy atom. The number of hydrogen-bond acceptors (Lipinski definition) is 12. The van der Waals surface area contributed by atoms with Crippen LogP contribution in [0.15, 0.2) is 23.3 Å². The third kappa shape index (κ3) is 7.97. The summed E-state index contributed by atoms with van der Waals surface area (Å²) in [5.41, 5.74) is 1.95. The number of carbonyl (C=O) groups excluding carboxylic acids is 2. The van der Waals surface area contributed by atoms with Crippen LogP contribution in [0.3, 0.4) is 0 Å². The number of methoxy groups -OCH3 is 3. The fourth-order valence-corrected chi connectivity index (χ4v) is 10.2. The largest absolute Gasteiger partial charge is 0.462 e. The Hall–Kier alpha value is -1.74. The quantitative estimate of drug-likeness (QED) is 0.271. The van der Waals surface area contributed by atoms with Crippen molar-refractivity contribution in [3.05, 3.63) is 23.3 Å². The molecule has 0 bridgehead atoms. The van der Waals surface area contributed by atoms with Gasteiger partial charge in [0.2, 0.25) is 0 Å². The minimum absolute atomic E-state index is 0.0155. The van der Waals surface area contributed by atoms with Gasteiger partial charge in [-0.2, -0.15) is 0 Å². The van der Waals surface area contributed by atoms with Crippen molar-refractivity contribution in [3.63, 3.8) is 0 Å². The molecule has 0 unspecified atom stereocenters. The smallest absolute Gasteiger partial charge is 0.306 e. The first-order valence-corrected chi connectivity index (χ1v) is 19.6. The van der Waals surface area contributed by atoms with Gasteiger partial charge in [-0.3, -0.25) is 9.59 Å². The number of rotatable bonds is 8. The first kappa shape index (κ1) is 39.9. The molecule has 12 heteroatoms. The number of ketones is 1. The lowest BCUT2D eigenvalue weighted by molar-refractivity contribution is -0.314. The maximum absolute atomic E-state index is 14.6. The van der Waals surface area contributed by atoms with Gasteiger partial charge in [0, 0.05) is 39.6 Å². The molecule has 294 valence electrons. The van der Waals surface area contributed by atoms with Crippen molar-refractivity contribution in [3.8, 4) is 0 Å². The Bertz CT molecular complexity index is 1310. The second-order valence-electron chi connectivity index (χ2n) is 16.2. The Morgan fingerprint density at radius 3 is 2.23 bits per heavy atom. The van der Waals surface area contributed by atoms with E-state index in [1.165, 1.54) is 5.57 Å². The van der Waals surface area contributed by atoms with Crippen molar-refractivity contribution < 1.29 is 57.7 Å². The summed E-state index contributed by atoms with van der Waals surface area (Å²) >= 11 is 0. The molecular weight excluding hydrogens is 672 g/mol. The van der Waals surface area contributed by atoms with Gasteiger partial charge >= 0.3 is 5.97 Å². The predicted octanol–water partition coefficient (Wildman–Crippen LogP) is 4.28. The molecule has 0 aromatic heterocycles. The maximum atomic E-state index is 14.6. The average Bonchev–Trinajstić information content (AvgIpc) is 3.70. The van der Waals surface area contributed by atoms with Crippen molar-refractivity contribution in [1.82, 2.24) is 0 Å². The maximum Gasteiger partial charge on any atom is 0.306 e. The first-order chi connectivity index (χ1) is 24.9. The van der Waals surface area contributed by atoms with Gasteiger partial charge in [-0.05, 0) is 88.5 Å². The Balaban J connectivity index is 1.24. The molecule has 6 rings (SSSR count). The number of carbonyl (C=O) groups is 2. The van der Waals surface area contributed by atoms with Gasteiger partial charge < -0.3 is 48.1 Å². The summed E-state index contributed by atoms with van der Waals surface area (Å²) in [4.78, 5) is 28.2. The second-order valence-corrected chi connectivity index (χ2v) is 16.2. The lowest BCUT2D eigenvalue weighted by atomic mass is 9.67. The van der Waals surface area contributed by atoms with E-state index in [-0.39, 0.29) is 84.7 Å². The van der Waals surface area contributed by atoms with Crippen LogP contribution < -0.4 is 0 Å². The SMILES string of the molecule is CC[C@H]1CCC[C@H](O[C@H]2C[C@H](O)[C@@H](O)[C@H](C)O2)[C@@H](C)C(=O)C2=C[C@@H]3[C@@H](C=C(C)[C@@H]4C[C@@H](O[C@@H]5O[C@@H](C)[C@H](OC)[C@@H](OC)[C@H]5OC)C[C@@H]34)[C@@H]2CC(=O)O1.